The van der Waals surface area contributed by atoms with Gasteiger partial charge in [-0.25, -0.2) is 4.99 Å². The summed E-state index contributed by atoms with van der Waals surface area (Å²) >= 11 is 6.83. The minimum Gasteiger partial charge on any atom is -0.494 e. The van der Waals surface area contributed by atoms with Gasteiger partial charge in [0.05, 0.1) is 16.8 Å². The van der Waals surface area contributed by atoms with Gasteiger partial charge in [-0.3, -0.25) is 4.79 Å². The van der Waals surface area contributed by atoms with Gasteiger partial charge in [-0.05, 0) is 35.4 Å². The molecule has 0 saturated heterocycles. The van der Waals surface area contributed by atoms with Crippen molar-refractivity contribution in [1.29, 1.82) is 0 Å². The Hall–Kier alpha value is -2.18. The molecule has 0 spiro atoms. The molecule has 0 aliphatic carbocycles. The molecule has 1 aliphatic heterocycles. The lowest BCUT2D eigenvalue weighted by Crippen LogP contribution is -2.02. The molecule has 2 heterocycles. The highest BCUT2D eigenvalue weighted by molar-refractivity contribution is 9.10. The number of aromatic nitrogens is 1. The summed E-state index contributed by atoms with van der Waals surface area (Å²) in [6.45, 7) is 0. The van der Waals surface area contributed by atoms with Crippen LogP contribution in [0.4, 0.5) is 0 Å². The number of benzene rings is 2. The van der Waals surface area contributed by atoms with Crippen molar-refractivity contribution < 1.29 is 9.90 Å². The van der Waals surface area contributed by atoms with Crippen molar-refractivity contribution in [2.75, 3.05) is 0 Å². The van der Waals surface area contributed by atoms with Crippen molar-refractivity contribution in [1.82, 2.24) is 4.98 Å². The first-order valence-corrected chi connectivity index (χ1v) is 9.65. The first kappa shape index (κ1) is 17.2. The summed E-state index contributed by atoms with van der Waals surface area (Å²) < 4.78 is 1.99. The Morgan fingerprint density at radius 1 is 0.846 bits per heavy atom. The molecule has 2 aromatic carbocycles. The van der Waals surface area contributed by atoms with Crippen LogP contribution in [-0.4, -0.2) is 21.7 Å². The number of fused-ring (bicyclic) bond motifs is 1. The molecule has 4 rings (SSSR count). The van der Waals surface area contributed by atoms with E-state index >= 15 is 0 Å². The predicted octanol–water partition coefficient (Wildman–Crippen LogP) is 5.02. The van der Waals surface area contributed by atoms with Crippen LogP contribution in [0.3, 0.4) is 0 Å². The van der Waals surface area contributed by atoms with E-state index < -0.39 is 0 Å². The second kappa shape index (κ2) is 6.85. The highest BCUT2D eigenvalue weighted by Crippen LogP contribution is 2.33. The molecule has 2 N–H and O–H groups in total. The fourth-order valence-electron chi connectivity index (χ4n) is 3.15. The van der Waals surface area contributed by atoms with Crippen LogP contribution in [-0.2, 0) is 12.8 Å². The third kappa shape index (κ3) is 3.27. The highest BCUT2D eigenvalue weighted by atomic mass is 79.9. The number of nitrogens with zero attached hydrogens (tertiary/aromatic N) is 1. The van der Waals surface area contributed by atoms with Crippen molar-refractivity contribution in [3.8, 4) is 5.88 Å². The van der Waals surface area contributed by atoms with E-state index in [-0.39, 0.29) is 11.8 Å². The molecule has 0 fully saturated rings. The number of halogens is 2. The van der Waals surface area contributed by atoms with Crippen LogP contribution in [0.25, 0.3) is 0 Å². The summed E-state index contributed by atoms with van der Waals surface area (Å²) in [5.41, 5.74) is 4.39. The average molecular weight is 474 g/mol. The number of H-pyrrole nitrogens is 1. The Balaban J connectivity index is 1.65. The second-order valence-electron chi connectivity index (χ2n) is 6.17. The minimum absolute atomic E-state index is 0.00817. The molecule has 130 valence electrons. The van der Waals surface area contributed by atoms with Gasteiger partial charge in [-0.2, -0.15) is 0 Å². The van der Waals surface area contributed by atoms with Gasteiger partial charge in [0.25, 0.3) is 5.91 Å². The van der Waals surface area contributed by atoms with E-state index in [0.717, 1.165) is 20.1 Å². The lowest BCUT2D eigenvalue weighted by molar-refractivity contribution is 0.101. The molecule has 26 heavy (non-hydrogen) atoms. The third-order valence-corrected chi connectivity index (χ3v) is 5.43. The second-order valence-corrected chi connectivity index (χ2v) is 8.00. The Morgan fingerprint density at radius 3 is 1.96 bits per heavy atom. The molecular weight excluding hydrogens is 460 g/mol. The molecule has 3 aromatic rings. The van der Waals surface area contributed by atoms with Gasteiger partial charge >= 0.3 is 0 Å². The number of aromatic hydroxyl groups is 1. The quantitative estimate of drug-likeness (QED) is 0.558. The van der Waals surface area contributed by atoms with Gasteiger partial charge < -0.3 is 10.1 Å². The smallest absolute Gasteiger partial charge is 0.279 e. The van der Waals surface area contributed by atoms with Crippen molar-refractivity contribution in [2.24, 2.45) is 4.99 Å². The van der Waals surface area contributed by atoms with Crippen molar-refractivity contribution in [3.05, 3.63) is 85.4 Å². The molecule has 1 aliphatic rings. The van der Waals surface area contributed by atoms with Gasteiger partial charge in [0.2, 0.25) is 0 Å². The predicted molar refractivity (Wildman–Crippen MR) is 108 cm³/mol. The van der Waals surface area contributed by atoms with Gasteiger partial charge in [0, 0.05) is 27.5 Å². The van der Waals surface area contributed by atoms with E-state index in [1.54, 1.807) is 0 Å². The molecule has 0 radical (unpaired) electrons. The molecular formula is C20H14Br2N2O2. The SMILES string of the molecule is O=C1N=C(Cc2ccc(Br)cc2)c2c(O)[nH]c(Cc3ccc(Br)cc3)c21. The van der Waals surface area contributed by atoms with Gasteiger partial charge in [-0.1, -0.05) is 56.1 Å². The summed E-state index contributed by atoms with van der Waals surface area (Å²) in [4.78, 5) is 19.6. The molecule has 0 bridgehead atoms. The third-order valence-electron chi connectivity index (χ3n) is 4.38. The number of nitrogens with one attached hydrogen (secondary N) is 1. The molecule has 1 amide bonds. The van der Waals surface area contributed by atoms with Crippen molar-refractivity contribution in [3.63, 3.8) is 0 Å². The van der Waals surface area contributed by atoms with Crippen molar-refractivity contribution in [2.45, 2.75) is 12.8 Å². The maximum atomic E-state index is 12.5. The van der Waals surface area contributed by atoms with E-state index in [9.17, 15) is 9.90 Å². The van der Waals surface area contributed by atoms with E-state index in [1.807, 2.05) is 48.5 Å². The lowest BCUT2D eigenvalue weighted by atomic mass is 10.0. The van der Waals surface area contributed by atoms with Gasteiger partial charge in [0.15, 0.2) is 5.88 Å². The fourth-order valence-corrected chi connectivity index (χ4v) is 3.68. The van der Waals surface area contributed by atoms with Crippen LogP contribution in [0.15, 0.2) is 62.5 Å². The Bertz CT molecular complexity index is 1020. The monoisotopic (exact) mass is 472 g/mol. The summed E-state index contributed by atoms with van der Waals surface area (Å²) in [5.74, 6) is -0.287. The number of amides is 1. The number of hydrogen-bond acceptors (Lipinski definition) is 2. The summed E-state index contributed by atoms with van der Waals surface area (Å²) in [5, 5.41) is 10.4. The number of carbonyl (C=O) groups is 1. The number of aliphatic imine (C=N–C) groups is 1. The number of aromatic amines is 1. The summed E-state index contributed by atoms with van der Waals surface area (Å²) in [6, 6.07) is 15.7. The van der Waals surface area contributed by atoms with E-state index in [0.29, 0.717) is 35.4 Å². The van der Waals surface area contributed by atoms with Crippen LogP contribution < -0.4 is 0 Å². The van der Waals surface area contributed by atoms with E-state index in [2.05, 4.69) is 41.8 Å². The van der Waals surface area contributed by atoms with E-state index in [4.69, 9.17) is 0 Å². The van der Waals surface area contributed by atoms with Crippen molar-refractivity contribution >= 4 is 43.5 Å². The van der Waals surface area contributed by atoms with Crippen LogP contribution >= 0.6 is 31.9 Å². The largest absolute Gasteiger partial charge is 0.494 e. The van der Waals surface area contributed by atoms with E-state index in [1.165, 1.54) is 0 Å². The highest BCUT2D eigenvalue weighted by Gasteiger charge is 2.31. The zero-order chi connectivity index (χ0) is 18.3. The molecule has 0 atom stereocenters. The summed E-state index contributed by atoms with van der Waals surface area (Å²) in [7, 11) is 0. The maximum absolute atomic E-state index is 12.5. The van der Waals surface area contributed by atoms with Gasteiger partial charge in [-0.15, -0.1) is 0 Å². The minimum atomic E-state index is -0.296. The number of carbonyl (C=O) groups excluding carboxylic acids is 1. The molecule has 0 saturated carbocycles. The molecule has 4 nitrogen and oxygen atoms in total. The van der Waals surface area contributed by atoms with Gasteiger partial charge in [0.1, 0.15) is 0 Å². The number of rotatable bonds is 4. The fraction of sp³-hybridized carbons (Fsp3) is 0.100. The topological polar surface area (TPSA) is 65.4 Å². The normalized spacial score (nSPS) is 13.0. The standard InChI is InChI=1S/C20H14Br2N2O2/c21-13-5-1-11(2-6-13)9-15-17-18(20(26)23-15)16(24-19(17)25)10-12-3-7-14(22)8-4-12/h1-8,23,26H,9-10H2. The lowest BCUT2D eigenvalue weighted by Gasteiger charge is -2.02. The Kier molecular flexibility index (Phi) is 4.54. The zero-order valence-corrected chi connectivity index (χ0v) is 16.8. The molecule has 1 aromatic heterocycles. The average Bonchev–Trinajstić information content (AvgIpc) is 3.11. The van der Waals surface area contributed by atoms with Crippen LogP contribution in [0.1, 0.15) is 32.7 Å². The van der Waals surface area contributed by atoms with Crippen LogP contribution in [0, 0.1) is 0 Å². The Morgan fingerprint density at radius 2 is 1.38 bits per heavy atom. The maximum Gasteiger partial charge on any atom is 0.279 e. The molecule has 0 unspecified atom stereocenters. The first-order valence-electron chi connectivity index (χ1n) is 8.06. The van der Waals surface area contributed by atoms with Crippen LogP contribution in [0.2, 0.25) is 0 Å². The van der Waals surface area contributed by atoms with Crippen LogP contribution in [0.5, 0.6) is 5.88 Å². The zero-order valence-electron chi connectivity index (χ0n) is 13.6. The number of hydrogen-bond donors (Lipinski definition) is 2. The first-order chi connectivity index (χ1) is 12.5. The Labute approximate surface area is 167 Å². The summed E-state index contributed by atoms with van der Waals surface area (Å²) in [6.07, 6.45) is 1.03. The molecule has 6 heteroatoms.